The molecule has 0 saturated carbocycles. The molecule has 4 N–H and O–H groups in total. The zero-order chi connectivity index (χ0) is 39.4. The second-order valence-corrected chi connectivity index (χ2v) is 13.9. The van der Waals surface area contributed by atoms with Crippen molar-refractivity contribution in [3.63, 3.8) is 0 Å². The number of aryl methyl sites for hydroxylation is 4. The molecule has 16 heteroatoms. The summed E-state index contributed by atoms with van der Waals surface area (Å²) < 4.78 is 3.35. The maximum atomic E-state index is 12.2. The third kappa shape index (κ3) is 11.2. The summed E-state index contributed by atoms with van der Waals surface area (Å²) in [5.74, 6) is 0.748. The van der Waals surface area contributed by atoms with Gasteiger partial charge in [-0.3, -0.25) is 33.7 Å². The molecule has 5 heterocycles. The fourth-order valence-corrected chi connectivity index (χ4v) is 6.79. The molecular weight excluding hydrogens is 768 g/mol. The number of thiol groups is 1. The molecule has 0 bridgehead atoms. The summed E-state index contributed by atoms with van der Waals surface area (Å²) in [6.45, 7) is 3.90. The number of pyridine rings is 2. The number of nitrogen functional groups attached to an aromatic ring is 1. The highest BCUT2D eigenvalue weighted by Crippen LogP contribution is 2.46. The van der Waals surface area contributed by atoms with E-state index in [1.54, 1.807) is 51.7 Å². The van der Waals surface area contributed by atoms with E-state index in [-0.39, 0.29) is 16.9 Å². The van der Waals surface area contributed by atoms with E-state index in [9.17, 15) is 14.4 Å². The van der Waals surface area contributed by atoms with Crippen LogP contribution in [-0.2, 0) is 23.7 Å². The minimum atomic E-state index is -0.881. The van der Waals surface area contributed by atoms with Gasteiger partial charge in [-0.25, -0.2) is 0 Å². The number of aldehydes is 1. The van der Waals surface area contributed by atoms with Crippen LogP contribution in [0.5, 0.6) is 0 Å². The van der Waals surface area contributed by atoms with E-state index in [1.807, 2.05) is 88.6 Å². The maximum Gasteiger partial charge on any atom is 0.313 e. The number of halogens is 2. The number of anilines is 2. The van der Waals surface area contributed by atoms with Crippen molar-refractivity contribution in [2.24, 2.45) is 14.1 Å². The number of nitrogens with one attached hydrogen (secondary N) is 1. The van der Waals surface area contributed by atoms with Gasteiger partial charge in [0.05, 0.1) is 28.1 Å². The number of nitrogens with zero attached hydrogens (tertiary/aromatic N) is 6. The summed E-state index contributed by atoms with van der Waals surface area (Å²) in [7, 11) is 3.65. The van der Waals surface area contributed by atoms with Crippen molar-refractivity contribution >= 4 is 77.4 Å². The Labute approximate surface area is 332 Å². The molecule has 4 aromatic heterocycles. The van der Waals surface area contributed by atoms with Crippen molar-refractivity contribution in [3.05, 3.63) is 129 Å². The first-order valence-electron chi connectivity index (χ1n) is 16.2. The molecule has 280 valence electrons. The summed E-state index contributed by atoms with van der Waals surface area (Å²) in [4.78, 5) is 40.5. The molecule has 0 fully saturated rings. The van der Waals surface area contributed by atoms with Gasteiger partial charge in [-0.2, -0.15) is 22.8 Å². The number of carbonyl (C=O) groups excluding carboxylic acids is 2. The highest BCUT2D eigenvalue weighted by molar-refractivity contribution is 8.00. The Balaban J connectivity index is 0.000000192. The summed E-state index contributed by atoms with van der Waals surface area (Å²) in [5, 5.41) is 20.9. The first-order chi connectivity index (χ1) is 25.8. The molecule has 7 rings (SSSR count). The summed E-state index contributed by atoms with van der Waals surface area (Å²) in [5.41, 5.74) is 13.7. The Hall–Kier alpha value is -5.15. The Kier molecular flexibility index (Phi) is 15.2. The van der Waals surface area contributed by atoms with Crippen molar-refractivity contribution in [1.82, 2.24) is 29.5 Å². The van der Waals surface area contributed by atoms with E-state index in [0.717, 1.165) is 57.1 Å². The molecule has 0 radical (unpaired) electrons. The molecule has 12 nitrogen and oxygen atoms in total. The number of carbonyl (C=O) groups is 3. The van der Waals surface area contributed by atoms with Crippen LogP contribution in [0.3, 0.4) is 0 Å². The lowest BCUT2D eigenvalue weighted by Gasteiger charge is -2.18. The van der Waals surface area contributed by atoms with Crippen molar-refractivity contribution in [2.45, 2.75) is 19.1 Å². The van der Waals surface area contributed by atoms with E-state index >= 15 is 0 Å². The average molecular weight is 806 g/mol. The third-order valence-corrected chi connectivity index (χ3v) is 9.74. The van der Waals surface area contributed by atoms with Gasteiger partial charge in [-0.15, -0.1) is 11.8 Å². The zero-order valence-corrected chi connectivity index (χ0v) is 33.0. The molecule has 0 aliphatic carbocycles. The van der Waals surface area contributed by atoms with Crippen LogP contribution in [0.1, 0.15) is 37.9 Å². The number of fused-ring (bicyclic) bond motifs is 1. The summed E-state index contributed by atoms with van der Waals surface area (Å²) in [6, 6.07) is 24.3. The number of aromatic nitrogens is 6. The van der Waals surface area contributed by atoms with Crippen molar-refractivity contribution < 1.29 is 19.5 Å². The van der Waals surface area contributed by atoms with Crippen molar-refractivity contribution in [2.75, 3.05) is 22.6 Å². The van der Waals surface area contributed by atoms with Crippen LogP contribution in [0.15, 0.2) is 91.3 Å². The Morgan fingerprint density at radius 3 is 2.06 bits per heavy atom. The Morgan fingerprint density at radius 1 is 0.926 bits per heavy atom. The smallest absolute Gasteiger partial charge is 0.313 e. The van der Waals surface area contributed by atoms with Gasteiger partial charge in [0.25, 0.3) is 0 Å². The van der Waals surface area contributed by atoms with Crippen LogP contribution < -0.4 is 11.1 Å². The normalized spacial score (nSPS) is 12.9. The lowest BCUT2D eigenvalue weighted by molar-refractivity contribution is -0.133. The van der Waals surface area contributed by atoms with Crippen LogP contribution >= 0.6 is 47.6 Å². The van der Waals surface area contributed by atoms with Crippen LogP contribution in [0.25, 0.3) is 22.8 Å². The summed E-state index contributed by atoms with van der Waals surface area (Å²) in [6.07, 6.45) is 4.31. The number of aliphatic carboxylic acids is 1. The highest BCUT2D eigenvalue weighted by Gasteiger charge is 2.32. The number of amides is 1. The van der Waals surface area contributed by atoms with E-state index < -0.39 is 5.97 Å². The number of rotatable bonds is 5. The molecule has 1 unspecified atom stereocenters. The fourth-order valence-electron chi connectivity index (χ4n) is 5.11. The number of carboxylic acid groups (broad SMARTS) is 1. The minimum Gasteiger partial charge on any atom is -0.481 e. The molecule has 1 aliphatic rings. The highest BCUT2D eigenvalue weighted by atomic mass is 35.5. The number of thioether (sulfide) groups is 1. The van der Waals surface area contributed by atoms with E-state index in [1.165, 1.54) is 0 Å². The molecule has 2 aromatic carbocycles. The predicted molar refractivity (Wildman–Crippen MR) is 219 cm³/mol. The first-order valence-corrected chi connectivity index (χ1v) is 18.7. The largest absolute Gasteiger partial charge is 0.481 e. The van der Waals surface area contributed by atoms with Gasteiger partial charge in [-0.1, -0.05) is 41.4 Å². The Bertz CT molecular complexity index is 2200. The summed E-state index contributed by atoms with van der Waals surface area (Å²) >= 11 is 16.8. The SMILES string of the molecule is Cc1cc(Cl)ccc1C1SCC(=O)Nc2c1c(-c1ccccn1)nn2C.Cc1cc(Cl)ccc1C=O.Cn1nc(-c2ccccn2)cc1N.O=C(O)CS. The van der Waals surface area contributed by atoms with Crippen molar-refractivity contribution in [3.8, 4) is 22.8 Å². The zero-order valence-electron chi connectivity index (χ0n) is 29.8. The lowest BCUT2D eigenvalue weighted by Crippen LogP contribution is -2.15. The van der Waals surface area contributed by atoms with Crippen LogP contribution in [0.2, 0.25) is 10.0 Å². The topological polar surface area (TPSA) is 171 Å². The number of carboxylic acids is 1. The van der Waals surface area contributed by atoms with Crippen molar-refractivity contribution in [1.29, 1.82) is 0 Å². The van der Waals surface area contributed by atoms with E-state index in [2.05, 4.69) is 38.1 Å². The molecule has 6 aromatic rings. The molecule has 1 atom stereocenters. The maximum absolute atomic E-state index is 12.2. The van der Waals surface area contributed by atoms with Crippen LogP contribution in [-0.4, -0.2) is 64.3 Å². The van der Waals surface area contributed by atoms with E-state index in [4.69, 9.17) is 34.0 Å². The first kappa shape index (κ1) is 41.6. The van der Waals surface area contributed by atoms with E-state index in [0.29, 0.717) is 27.2 Å². The lowest BCUT2D eigenvalue weighted by atomic mass is 9.98. The molecule has 0 saturated heterocycles. The second-order valence-electron chi connectivity index (χ2n) is 11.7. The quantitative estimate of drug-likeness (QED) is 0.0998. The van der Waals surface area contributed by atoms with Gasteiger partial charge < -0.3 is 16.2 Å². The van der Waals surface area contributed by atoms with Gasteiger partial charge in [0.15, 0.2) is 0 Å². The Morgan fingerprint density at radius 2 is 1.54 bits per heavy atom. The van der Waals surface area contributed by atoms with Gasteiger partial charge in [-0.05, 0) is 85.1 Å². The molecular formula is C38H38Cl2N8O4S2. The standard InChI is InChI=1S/C19H17ClN4OS.C9H10N4.C8H7ClO.C2H4O2S/c1-11-9-12(20)6-7-13(11)18-16-17(14-5-3-4-8-21-14)23-24(2)19(16)22-15(25)10-26-18;1-13-9(10)6-8(12-13)7-4-2-3-5-11-7;1-6-4-8(9)3-2-7(6)5-10;3-2(4)1-5/h3-9,18H,10H2,1-2H3,(H,22,25);2-6H,10H2,1H3;2-5H,1H3;5H,1H2,(H,3,4). The van der Waals surface area contributed by atoms with Crippen LogP contribution in [0, 0.1) is 13.8 Å². The monoisotopic (exact) mass is 804 g/mol. The molecule has 0 spiro atoms. The van der Waals surface area contributed by atoms with Gasteiger partial charge in [0, 0.05) is 53.7 Å². The second kappa shape index (κ2) is 19.8. The molecule has 54 heavy (non-hydrogen) atoms. The minimum absolute atomic E-state index is 0.0269. The van der Waals surface area contributed by atoms with Gasteiger partial charge >= 0.3 is 5.97 Å². The fraction of sp³-hybridized carbons (Fsp3) is 0.184. The molecule has 1 aliphatic heterocycles. The number of benzene rings is 2. The van der Waals surface area contributed by atoms with Gasteiger partial charge in [0.1, 0.15) is 29.3 Å². The van der Waals surface area contributed by atoms with Crippen LogP contribution in [0.4, 0.5) is 11.6 Å². The average Bonchev–Trinajstić information content (AvgIpc) is 3.60. The third-order valence-electron chi connectivity index (χ3n) is 7.74. The van der Waals surface area contributed by atoms with Gasteiger partial charge in [0.2, 0.25) is 5.91 Å². The predicted octanol–water partition coefficient (Wildman–Crippen LogP) is 7.74. The molecule has 1 amide bonds. The number of hydrogen-bond acceptors (Lipinski definition) is 10. The number of hydrogen-bond donors (Lipinski definition) is 4. The number of nitrogens with two attached hydrogens (primary N) is 1.